The minimum absolute atomic E-state index is 0.296. The molecule has 1 aliphatic rings. The normalized spacial score (nSPS) is 16.6. The van der Waals surface area contributed by atoms with Gasteiger partial charge in [0.15, 0.2) is 0 Å². The fraction of sp³-hybridized carbons (Fsp3) is 0.417. The van der Waals surface area contributed by atoms with E-state index in [4.69, 9.17) is 5.26 Å². The fourth-order valence-electron chi connectivity index (χ4n) is 1.63. The standard InChI is InChI=1S/C12H13BrN2O/c13-10-3-4-11(9(5-10)6-14)15-7-12(16)8-1-2-8/h3-5,8,12,15-16H,1-2,7H2/t12-/m0/s1. The van der Waals surface area contributed by atoms with E-state index in [-0.39, 0.29) is 6.10 Å². The number of hydrogen-bond donors (Lipinski definition) is 2. The summed E-state index contributed by atoms with van der Waals surface area (Å²) in [7, 11) is 0. The number of aliphatic hydroxyl groups is 1. The third kappa shape index (κ3) is 2.75. The van der Waals surface area contributed by atoms with Crippen molar-refractivity contribution >= 4 is 21.6 Å². The highest BCUT2D eigenvalue weighted by molar-refractivity contribution is 9.10. The molecule has 1 aliphatic carbocycles. The summed E-state index contributed by atoms with van der Waals surface area (Å²) in [4.78, 5) is 0. The third-order valence-electron chi connectivity index (χ3n) is 2.77. The molecular formula is C12H13BrN2O. The van der Waals surface area contributed by atoms with E-state index in [9.17, 15) is 5.11 Å². The Bertz CT molecular complexity index is 424. The molecule has 0 saturated heterocycles. The molecule has 0 bridgehead atoms. The molecule has 0 aromatic heterocycles. The van der Waals surface area contributed by atoms with Gasteiger partial charge in [-0.3, -0.25) is 0 Å². The van der Waals surface area contributed by atoms with Crippen LogP contribution >= 0.6 is 15.9 Å². The first-order chi connectivity index (χ1) is 7.70. The van der Waals surface area contributed by atoms with Gasteiger partial charge < -0.3 is 10.4 Å². The average molecular weight is 281 g/mol. The maximum absolute atomic E-state index is 9.71. The average Bonchev–Trinajstić information content (AvgIpc) is 3.10. The highest BCUT2D eigenvalue weighted by Gasteiger charge is 2.29. The first-order valence-corrected chi connectivity index (χ1v) is 6.11. The zero-order chi connectivity index (χ0) is 11.5. The predicted octanol–water partition coefficient (Wildman–Crippen LogP) is 2.50. The largest absolute Gasteiger partial charge is 0.391 e. The van der Waals surface area contributed by atoms with Gasteiger partial charge in [0.2, 0.25) is 0 Å². The SMILES string of the molecule is N#Cc1cc(Br)ccc1NC[C@H](O)C1CC1. The number of rotatable bonds is 4. The first kappa shape index (κ1) is 11.4. The van der Waals surface area contributed by atoms with Crippen LogP contribution in [-0.2, 0) is 0 Å². The van der Waals surface area contributed by atoms with Crippen molar-refractivity contribution in [2.45, 2.75) is 18.9 Å². The van der Waals surface area contributed by atoms with Crippen molar-refractivity contribution in [3.8, 4) is 6.07 Å². The maximum atomic E-state index is 9.71. The summed E-state index contributed by atoms with van der Waals surface area (Å²) in [5.74, 6) is 0.452. The van der Waals surface area contributed by atoms with Crippen LogP contribution in [0.5, 0.6) is 0 Å². The van der Waals surface area contributed by atoms with Crippen LogP contribution in [0.25, 0.3) is 0 Å². The van der Waals surface area contributed by atoms with Gasteiger partial charge in [-0.2, -0.15) is 5.26 Å². The van der Waals surface area contributed by atoms with Gasteiger partial charge >= 0.3 is 0 Å². The number of nitrogens with zero attached hydrogens (tertiary/aromatic N) is 1. The molecule has 3 nitrogen and oxygen atoms in total. The Kier molecular flexibility index (Phi) is 3.47. The summed E-state index contributed by atoms with van der Waals surface area (Å²) in [6.07, 6.45) is 1.94. The van der Waals surface area contributed by atoms with Crippen molar-refractivity contribution in [3.05, 3.63) is 28.2 Å². The Morgan fingerprint density at radius 1 is 1.56 bits per heavy atom. The molecule has 16 heavy (non-hydrogen) atoms. The molecule has 2 N–H and O–H groups in total. The lowest BCUT2D eigenvalue weighted by Crippen LogP contribution is -2.21. The summed E-state index contributed by atoms with van der Waals surface area (Å²) in [6, 6.07) is 7.63. The number of nitrogens with one attached hydrogen (secondary N) is 1. The molecule has 0 heterocycles. The molecule has 1 saturated carbocycles. The smallest absolute Gasteiger partial charge is 0.101 e. The first-order valence-electron chi connectivity index (χ1n) is 5.32. The number of anilines is 1. The number of halogens is 1. The zero-order valence-electron chi connectivity index (χ0n) is 8.78. The minimum atomic E-state index is -0.296. The summed E-state index contributed by atoms with van der Waals surface area (Å²) < 4.78 is 0.886. The summed E-state index contributed by atoms with van der Waals surface area (Å²) in [6.45, 7) is 0.515. The summed E-state index contributed by atoms with van der Waals surface area (Å²) in [5.41, 5.74) is 1.38. The predicted molar refractivity (Wildman–Crippen MR) is 66.1 cm³/mol. The van der Waals surface area contributed by atoms with Gasteiger partial charge in [0.25, 0.3) is 0 Å². The van der Waals surface area contributed by atoms with E-state index in [0.717, 1.165) is 23.0 Å². The fourth-order valence-corrected chi connectivity index (χ4v) is 1.99. The number of nitriles is 1. The highest BCUT2D eigenvalue weighted by Crippen LogP contribution is 2.32. The molecule has 1 aromatic carbocycles. The van der Waals surface area contributed by atoms with Gasteiger partial charge in [0.05, 0.1) is 17.4 Å². The van der Waals surface area contributed by atoms with Gasteiger partial charge in [-0.15, -0.1) is 0 Å². The van der Waals surface area contributed by atoms with E-state index in [1.165, 1.54) is 0 Å². The lowest BCUT2D eigenvalue weighted by Gasteiger charge is -2.12. The molecule has 0 radical (unpaired) electrons. The van der Waals surface area contributed by atoms with Crippen molar-refractivity contribution in [1.29, 1.82) is 5.26 Å². The minimum Gasteiger partial charge on any atom is -0.391 e. The summed E-state index contributed by atoms with van der Waals surface area (Å²) in [5, 5.41) is 21.8. The molecule has 0 spiro atoms. The molecule has 0 unspecified atom stereocenters. The van der Waals surface area contributed by atoms with Crippen LogP contribution < -0.4 is 5.32 Å². The Morgan fingerprint density at radius 2 is 2.31 bits per heavy atom. The lowest BCUT2D eigenvalue weighted by molar-refractivity contribution is 0.164. The van der Waals surface area contributed by atoms with Crippen LogP contribution in [0.3, 0.4) is 0 Å². The molecule has 1 fully saturated rings. The third-order valence-corrected chi connectivity index (χ3v) is 3.26. The van der Waals surface area contributed by atoms with Crippen molar-refractivity contribution in [2.24, 2.45) is 5.92 Å². The number of aliphatic hydroxyl groups excluding tert-OH is 1. The molecule has 0 amide bonds. The second-order valence-electron chi connectivity index (χ2n) is 4.09. The Hall–Kier alpha value is -1.05. The Labute approximate surface area is 103 Å². The molecular weight excluding hydrogens is 268 g/mol. The van der Waals surface area contributed by atoms with Crippen LogP contribution in [-0.4, -0.2) is 17.8 Å². The van der Waals surface area contributed by atoms with E-state index in [1.54, 1.807) is 6.07 Å². The molecule has 0 aliphatic heterocycles. The monoisotopic (exact) mass is 280 g/mol. The molecule has 84 valence electrons. The van der Waals surface area contributed by atoms with E-state index in [0.29, 0.717) is 18.0 Å². The second kappa shape index (κ2) is 4.86. The van der Waals surface area contributed by atoms with Crippen LogP contribution in [0.1, 0.15) is 18.4 Å². The van der Waals surface area contributed by atoms with Crippen molar-refractivity contribution in [1.82, 2.24) is 0 Å². The van der Waals surface area contributed by atoms with Crippen molar-refractivity contribution in [2.75, 3.05) is 11.9 Å². The molecule has 2 rings (SSSR count). The quantitative estimate of drug-likeness (QED) is 0.891. The molecule has 1 aromatic rings. The van der Waals surface area contributed by atoms with Gasteiger partial charge in [-0.1, -0.05) is 15.9 Å². The van der Waals surface area contributed by atoms with Crippen LogP contribution in [0.2, 0.25) is 0 Å². The van der Waals surface area contributed by atoms with Gasteiger partial charge in [-0.25, -0.2) is 0 Å². The van der Waals surface area contributed by atoms with Crippen LogP contribution in [0, 0.1) is 17.2 Å². The molecule has 1 atom stereocenters. The number of hydrogen-bond acceptors (Lipinski definition) is 3. The van der Waals surface area contributed by atoms with E-state index in [1.807, 2.05) is 12.1 Å². The highest BCUT2D eigenvalue weighted by atomic mass is 79.9. The van der Waals surface area contributed by atoms with Crippen LogP contribution in [0.15, 0.2) is 22.7 Å². The lowest BCUT2D eigenvalue weighted by atomic mass is 10.2. The van der Waals surface area contributed by atoms with E-state index in [2.05, 4.69) is 27.3 Å². The van der Waals surface area contributed by atoms with E-state index < -0.39 is 0 Å². The Morgan fingerprint density at radius 3 is 2.94 bits per heavy atom. The number of benzene rings is 1. The van der Waals surface area contributed by atoms with Gasteiger partial charge in [0.1, 0.15) is 6.07 Å². The van der Waals surface area contributed by atoms with Gasteiger partial charge in [0, 0.05) is 11.0 Å². The maximum Gasteiger partial charge on any atom is 0.101 e. The van der Waals surface area contributed by atoms with E-state index >= 15 is 0 Å². The van der Waals surface area contributed by atoms with Gasteiger partial charge in [-0.05, 0) is 37.0 Å². The second-order valence-corrected chi connectivity index (χ2v) is 5.00. The zero-order valence-corrected chi connectivity index (χ0v) is 10.4. The van der Waals surface area contributed by atoms with Crippen LogP contribution in [0.4, 0.5) is 5.69 Å². The summed E-state index contributed by atoms with van der Waals surface area (Å²) >= 11 is 3.32. The topological polar surface area (TPSA) is 56.0 Å². The Balaban J connectivity index is 2.00. The molecule has 4 heteroatoms. The van der Waals surface area contributed by atoms with Crippen molar-refractivity contribution in [3.63, 3.8) is 0 Å². The van der Waals surface area contributed by atoms with Crippen molar-refractivity contribution < 1.29 is 5.11 Å².